The molecule has 0 aliphatic heterocycles. The molecule has 0 saturated carbocycles. The molecule has 0 N–H and O–H groups in total. The van der Waals surface area contributed by atoms with Crippen molar-refractivity contribution in [3.8, 4) is 0 Å². The first-order valence-corrected chi connectivity index (χ1v) is 0. The minimum Gasteiger partial charge on any atom is -1.00 e. The van der Waals surface area contributed by atoms with E-state index in [-0.39, 0.29) is 939 Å². The van der Waals surface area contributed by atoms with Crippen molar-refractivity contribution in [2.45, 2.75) is 0 Å². The molecular formula is H8Cl28Na20. The molecule has 0 aromatic heterocycles. The standard InChI is InChI=1S/28ClH.20Na/h28*1H;;;;;;;;;;;;;;;;;;;;/q;;;;;;;;;;;;;;;;;;;;;;;;;;;;20*+1/p-20. The Morgan fingerprint density at radius 1 is 0.0625 bits per heavy atom. The van der Waals surface area contributed by atoms with Gasteiger partial charge in [-0.05, 0) is 0 Å². The van der Waals surface area contributed by atoms with Crippen molar-refractivity contribution in [2.24, 2.45) is 0 Å². The van der Waals surface area contributed by atoms with Gasteiger partial charge in [-0.3, -0.25) is 0 Å². The zero-order valence-electron chi connectivity index (χ0n) is 30.8. The molecule has 0 fully saturated rings. The third kappa shape index (κ3) is 501. The molecule has 0 heterocycles. The van der Waals surface area contributed by atoms with Crippen molar-refractivity contribution in [2.75, 3.05) is 0 Å². The third-order valence-electron chi connectivity index (χ3n) is 0. The minimum atomic E-state index is 0. The molecule has 48 heteroatoms. The van der Waals surface area contributed by atoms with Crippen LogP contribution in [0.2, 0.25) is 0 Å². The molecule has 0 amide bonds. The smallest absolute Gasteiger partial charge is 1.00 e. The Balaban J connectivity index is 0. The predicted octanol–water partition coefficient (Wildman–Crippen LogP) is -116. The number of halogens is 28. The van der Waals surface area contributed by atoms with Gasteiger partial charge in [0.25, 0.3) is 0 Å². The summed E-state index contributed by atoms with van der Waals surface area (Å²) in [6, 6.07) is 0. The molecule has 224 valence electrons. The Morgan fingerprint density at radius 3 is 0.0625 bits per heavy atom. The maximum atomic E-state index is 0. The van der Waals surface area contributed by atoms with Crippen LogP contribution in [0.5, 0.6) is 0 Å². The molecule has 0 nitrogen and oxygen atoms in total. The molecule has 0 spiro atoms. The second kappa shape index (κ2) is 522. The van der Waals surface area contributed by atoms with E-state index >= 15 is 0 Å². The Hall–Kier alpha value is 28.1. The van der Waals surface area contributed by atoms with Gasteiger partial charge in [0.1, 0.15) is 0 Å². The fourth-order valence-corrected chi connectivity index (χ4v) is 0. The van der Waals surface area contributed by atoms with Gasteiger partial charge in [-0.1, -0.05) is 0 Å². The van der Waals surface area contributed by atoms with Crippen LogP contribution in [0, 0.1) is 0 Å². The van der Waals surface area contributed by atoms with E-state index in [4.69, 9.17) is 0 Å². The summed E-state index contributed by atoms with van der Waals surface area (Å²) >= 11 is 0. The quantitative estimate of drug-likeness (QED) is 0.212. The molecule has 0 atom stereocenters. The number of rotatable bonds is 0. The van der Waals surface area contributed by atoms with Crippen LogP contribution in [0.3, 0.4) is 0 Å². The number of hydrogen-bond acceptors (Lipinski definition) is 0. The molecule has 0 aliphatic rings. The average Bonchev–Trinajstić information content (AvgIpc) is 0. The Labute approximate surface area is 910 Å². The summed E-state index contributed by atoms with van der Waals surface area (Å²) in [6.07, 6.45) is 0. The van der Waals surface area contributed by atoms with Crippen LogP contribution in [0.15, 0.2) is 0 Å². The SMILES string of the molecule is Cl.Cl.Cl.Cl.Cl.Cl.Cl.Cl.[Cl-].[Cl-].[Cl-].[Cl-].[Cl-].[Cl-].[Cl-].[Cl-].[Cl-].[Cl-].[Cl-].[Cl-].[Cl-].[Cl-].[Cl-].[Cl-].[Cl-].[Cl-].[Cl-].[Cl-].[Na+].[Na+].[Na+].[Na+].[Na+].[Na+].[Na+].[Na+].[Na+].[Na+].[Na+].[Na+].[Na+].[Na+].[Na+].[Na+].[Na+].[Na+].[Na+].[Na+]. The summed E-state index contributed by atoms with van der Waals surface area (Å²) < 4.78 is 0. The summed E-state index contributed by atoms with van der Waals surface area (Å²) in [5.74, 6) is 0. The van der Waals surface area contributed by atoms with Crippen LogP contribution in [0.1, 0.15) is 0 Å². The zero-order chi connectivity index (χ0) is 0. The van der Waals surface area contributed by atoms with Crippen molar-refractivity contribution in [3.05, 3.63) is 0 Å². The summed E-state index contributed by atoms with van der Waals surface area (Å²) in [5, 5.41) is 0. The van der Waals surface area contributed by atoms with Crippen LogP contribution in [-0.4, -0.2) is 0 Å². The molecule has 0 aromatic carbocycles. The van der Waals surface area contributed by atoms with E-state index in [1.807, 2.05) is 0 Å². The van der Waals surface area contributed by atoms with Crippen molar-refractivity contribution in [1.29, 1.82) is 0 Å². The van der Waals surface area contributed by atoms with E-state index in [1.54, 1.807) is 0 Å². The van der Waals surface area contributed by atoms with Crippen molar-refractivity contribution in [1.82, 2.24) is 0 Å². The maximum Gasteiger partial charge on any atom is 1.00 e. The topological polar surface area (TPSA) is 0 Å². The van der Waals surface area contributed by atoms with E-state index in [2.05, 4.69) is 0 Å². The second-order valence-electron chi connectivity index (χ2n) is 0. The zero-order valence-corrected chi connectivity index (χ0v) is 92.5. The van der Waals surface area contributed by atoms with E-state index in [0.717, 1.165) is 0 Å². The average molecular weight is 1460 g/mol. The van der Waals surface area contributed by atoms with E-state index in [0.29, 0.717) is 0 Å². The fraction of sp³-hybridized carbons (Fsp3) is 0. The Kier molecular flexibility index (Phi) is 5910. The van der Waals surface area contributed by atoms with Gasteiger partial charge in [0.15, 0.2) is 0 Å². The van der Waals surface area contributed by atoms with Gasteiger partial charge in [-0.15, -0.1) is 99.3 Å². The Morgan fingerprint density at radius 2 is 0.0625 bits per heavy atom. The van der Waals surface area contributed by atoms with Crippen LogP contribution in [0.4, 0.5) is 0 Å². The molecule has 0 rings (SSSR count). The first-order chi connectivity index (χ1) is 0. The molecule has 0 unspecified atom stereocenters. The van der Waals surface area contributed by atoms with E-state index in [1.165, 1.54) is 0 Å². The largest absolute Gasteiger partial charge is 1.00 e. The molecule has 0 saturated heterocycles. The molecule has 0 radical (unpaired) electrons. The predicted molar refractivity (Wildman–Crippen MR) is 58.0 cm³/mol. The van der Waals surface area contributed by atoms with Gasteiger partial charge in [0.05, 0.1) is 0 Å². The monoisotopic (exact) mass is 1450 g/mol. The Bertz CT molecular complexity index is 47.0. The summed E-state index contributed by atoms with van der Waals surface area (Å²) in [6.45, 7) is 0. The number of hydrogen-bond donors (Lipinski definition) is 0. The third-order valence-corrected chi connectivity index (χ3v) is 0. The van der Waals surface area contributed by atoms with Crippen LogP contribution in [0.25, 0.3) is 0 Å². The molecular weight excluding hydrogens is 1450 g/mol. The minimum absolute atomic E-state index is 0. The van der Waals surface area contributed by atoms with Gasteiger partial charge in [0, 0.05) is 0 Å². The maximum absolute atomic E-state index is 0. The normalized spacial score (nSPS) is 0. The van der Waals surface area contributed by atoms with Gasteiger partial charge in [-0.2, -0.15) is 0 Å². The summed E-state index contributed by atoms with van der Waals surface area (Å²) in [7, 11) is 0. The van der Waals surface area contributed by atoms with Crippen molar-refractivity contribution >= 4 is 99.3 Å². The molecule has 0 aliphatic carbocycles. The first-order valence-electron chi connectivity index (χ1n) is 0. The van der Waals surface area contributed by atoms with Crippen LogP contribution < -0.4 is 839 Å². The van der Waals surface area contributed by atoms with Crippen molar-refractivity contribution in [3.63, 3.8) is 0 Å². The van der Waals surface area contributed by atoms with Gasteiger partial charge < -0.3 is 248 Å². The molecule has 48 heavy (non-hydrogen) atoms. The molecule has 0 aromatic rings. The van der Waals surface area contributed by atoms with Gasteiger partial charge in [-0.25, -0.2) is 0 Å². The van der Waals surface area contributed by atoms with Gasteiger partial charge in [0.2, 0.25) is 0 Å². The summed E-state index contributed by atoms with van der Waals surface area (Å²) in [4.78, 5) is 0. The second-order valence-corrected chi connectivity index (χ2v) is 0. The van der Waals surface area contributed by atoms with Crippen molar-refractivity contribution < 1.29 is 839 Å². The van der Waals surface area contributed by atoms with E-state index in [9.17, 15) is 0 Å². The fourth-order valence-electron chi connectivity index (χ4n) is 0. The summed E-state index contributed by atoms with van der Waals surface area (Å²) in [5.41, 5.74) is 0. The van der Waals surface area contributed by atoms with Crippen LogP contribution in [-0.2, 0) is 0 Å². The first kappa shape index (κ1) is 543. The molecule has 0 bridgehead atoms. The van der Waals surface area contributed by atoms with E-state index < -0.39 is 0 Å². The van der Waals surface area contributed by atoms with Gasteiger partial charge >= 0.3 is 591 Å². The van der Waals surface area contributed by atoms with Crippen LogP contribution >= 0.6 is 99.3 Å².